The van der Waals surface area contributed by atoms with Crippen molar-refractivity contribution in [3.63, 3.8) is 0 Å². The van der Waals surface area contributed by atoms with Crippen LogP contribution >= 0.6 is 22.6 Å². The van der Waals surface area contributed by atoms with Crippen molar-refractivity contribution in [1.82, 2.24) is 0 Å². The third-order valence-electron chi connectivity index (χ3n) is 0.892. The fraction of sp³-hybridized carbons (Fsp3) is 0.429. The number of rotatable bonds is 3. The molecule has 0 radical (unpaired) electrons. The molecule has 0 aliphatic rings. The van der Waals surface area contributed by atoms with E-state index in [1.807, 2.05) is 6.08 Å². The molecule has 0 aliphatic heterocycles. The van der Waals surface area contributed by atoms with Gasteiger partial charge in [0.15, 0.2) is 0 Å². The van der Waals surface area contributed by atoms with Crippen LogP contribution in [0.1, 0.15) is 13.3 Å². The number of halogens is 1. The molecule has 0 nitrogen and oxygen atoms in total. The highest BCUT2D eigenvalue weighted by Crippen LogP contribution is 2.00. The summed E-state index contributed by atoms with van der Waals surface area (Å²) >= 11 is 2.33. The van der Waals surface area contributed by atoms with Gasteiger partial charge in [0.05, 0.1) is 0 Å². The molecule has 0 atom stereocenters. The summed E-state index contributed by atoms with van der Waals surface area (Å²) in [7, 11) is 0. The first-order valence-corrected chi connectivity index (χ1v) is 4.16. The quantitative estimate of drug-likeness (QED) is 0.391. The maximum atomic E-state index is 3.64. The second-order valence-corrected chi connectivity index (χ2v) is 2.58. The molecular formula is C7H11I. The highest BCUT2D eigenvalue weighted by atomic mass is 127. The van der Waals surface area contributed by atoms with Gasteiger partial charge < -0.3 is 0 Å². The average Bonchev–Trinajstić information content (AvgIpc) is 1.68. The highest BCUT2D eigenvalue weighted by molar-refractivity contribution is 14.1. The van der Waals surface area contributed by atoms with Crippen LogP contribution in [0.4, 0.5) is 0 Å². The highest BCUT2D eigenvalue weighted by Gasteiger charge is 1.79. The molecule has 0 spiro atoms. The van der Waals surface area contributed by atoms with E-state index < -0.39 is 0 Å². The Kier molecular flexibility index (Phi) is 5.49. The van der Waals surface area contributed by atoms with Gasteiger partial charge in [0.1, 0.15) is 0 Å². The van der Waals surface area contributed by atoms with E-state index in [1.54, 1.807) is 0 Å². The van der Waals surface area contributed by atoms with E-state index in [0.29, 0.717) is 0 Å². The van der Waals surface area contributed by atoms with Crippen LogP contribution in [0.5, 0.6) is 0 Å². The van der Waals surface area contributed by atoms with Gasteiger partial charge in [-0.15, -0.1) is 6.58 Å². The van der Waals surface area contributed by atoms with Gasteiger partial charge in [-0.3, -0.25) is 0 Å². The van der Waals surface area contributed by atoms with Gasteiger partial charge >= 0.3 is 0 Å². The van der Waals surface area contributed by atoms with Crippen molar-refractivity contribution in [2.75, 3.05) is 4.43 Å². The lowest BCUT2D eigenvalue weighted by Gasteiger charge is -1.89. The number of hydrogen-bond acceptors (Lipinski definition) is 0. The molecule has 46 valence electrons. The molecule has 0 aromatic heterocycles. The van der Waals surface area contributed by atoms with E-state index in [-0.39, 0.29) is 0 Å². The molecule has 0 unspecified atom stereocenters. The zero-order valence-electron chi connectivity index (χ0n) is 5.15. The van der Waals surface area contributed by atoms with Gasteiger partial charge in [-0.05, 0) is 13.3 Å². The van der Waals surface area contributed by atoms with Gasteiger partial charge in [-0.25, -0.2) is 0 Å². The Bertz CT molecular complexity index is 92.6. The van der Waals surface area contributed by atoms with Gasteiger partial charge in [0, 0.05) is 4.43 Å². The SMILES string of the molecule is C=CC/C(C)=C\CI. The summed E-state index contributed by atoms with van der Waals surface area (Å²) in [5, 5.41) is 0. The molecule has 0 N–H and O–H groups in total. The monoisotopic (exact) mass is 222 g/mol. The van der Waals surface area contributed by atoms with Crippen molar-refractivity contribution in [2.24, 2.45) is 0 Å². The van der Waals surface area contributed by atoms with Crippen LogP contribution in [0.2, 0.25) is 0 Å². The number of allylic oxidation sites excluding steroid dienone is 3. The Morgan fingerprint density at radius 2 is 2.38 bits per heavy atom. The van der Waals surface area contributed by atoms with E-state index in [4.69, 9.17) is 0 Å². The van der Waals surface area contributed by atoms with Crippen LogP contribution in [0.3, 0.4) is 0 Å². The van der Waals surface area contributed by atoms with Gasteiger partial charge in [0.2, 0.25) is 0 Å². The largest absolute Gasteiger partial charge is 0.103 e. The maximum Gasteiger partial charge on any atom is 0.0178 e. The molecule has 0 heterocycles. The molecule has 0 saturated carbocycles. The topological polar surface area (TPSA) is 0 Å². The minimum absolute atomic E-state index is 1.03. The van der Waals surface area contributed by atoms with E-state index >= 15 is 0 Å². The van der Waals surface area contributed by atoms with E-state index in [9.17, 15) is 0 Å². The summed E-state index contributed by atoms with van der Waals surface area (Å²) in [6.07, 6.45) is 5.17. The molecule has 1 heteroatoms. The molecule has 0 aliphatic carbocycles. The third-order valence-corrected chi connectivity index (χ3v) is 1.33. The molecule has 0 amide bonds. The summed E-state index contributed by atoms with van der Waals surface area (Å²) in [6, 6.07) is 0. The van der Waals surface area contributed by atoms with E-state index in [2.05, 4.69) is 42.2 Å². The summed E-state index contributed by atoms with van der Waals surface area (Å²) in [5.41, 5.74) is 1.41. The normalized spacial score (nSPS) is 11.5. The average molecular weight is 222 g/mol. The van der Waals surface area contributed by atoms with Crippen molar-refractivity contribution in [1.29, 1.82) is 0 Å². The maximum absolute atomic E-state index is 3.64. The van der Waals surface area contributed by atoms with Crippen molar-refractivity contribution < 1.29 is 0 Å². The Morgan fingerprint density at radius 1 is 1.75 bits per heavy atom. The van der Waals surface area contributed by atoms with Gasteiger partial charge in [0.25, 0.3) is 0 Å². The van der Waals surface area contributed by atoms with Crippen molar-refractivity contribution in [2.45, 2.75) is 13.3 Å². The predicted octanol–water partition coefficient (Wildman–Crippen LogP) is 2.94. The fourth-order valence-corrected chi connectivity index (χ4v) is 1.19. The molecule has 8 heavy (non-hydrogen) atoms. The lowest BCUT2D eigenvalue weighted by atomic mass is 10.2. The van der Waals surface area contributed by atoms with Crippen LogP contribution in [-0.2, 0) is 0 Å². The lowest BCUT2D eigenvalue weighted by molar-refractivity contribution is 1.21. The first-order chi connectivity index (χ1) is 3.81. The van der Waals surface area contributed by atoms with Crippen LogP contribution in [-0.4, -0.2) is 4.43 Å². The number of alkyl halides is 1. The van der Waals surface area contributed by atoms with Gasteiger partial charge in [-0.1, -0.05) is 40.3 Å². The van der Waals surface area contributed by atoms with Crippen molar-refractivity contribution in [3.8, 4) is 0 Å². The smallest absolute Gasteiger partial charge is 0.0178 e. The number of hydrogen-bond donors (Lipinski definition) is 0. The summed E-state index contributed by atoms with van der Waals surface area (Å²) in [6.45, 7) is 5.76. The fourth-order valence-electron chi connectivity index (χ4n) is 0.443. The molecule has 0 saturated heterocycles. The molecule has 0 bridgehead atoms. The van der Waals surface area contributed by atoms with E-state index in [0.717, 1.165) is 10.8 Å². The first-order valence-electron chi connectivity index (χ1n) is 2.63. The molecule has 0 aromatic carbocycles. The van der Waals surface area contributed by atoms with Crippen LogP contribution in [0.25, 0.3) is 0 Å². The Hall–Kier alpha value is 0.210. The predicted molar refractivity (Wildman–Crippen MR) is 47.5 cm³/mol. The minimum Gasteiger partial charge on any atom is -0.103 e. The first kappa shape index (κ1) is 8.21. The third kappa shape index (κ3) is 4.37. The zero-order valence-corrected chi connectivity index (χ0v) is 7.31. The minimum atomic E-state index is 1.03. The zero-order chi connectivity index (χ0) is 6.41. The lowest BCUT2D eigenvalue weighted by Crippen LogP contribution is -1.71. The Morgan fingerprint density at radius 3 is 2.75 bits per heavy atom. The summed E-state index contributed by atoms with van der Waals surface area (Å²) in [5.74, 6) is 0. The molecular weight excluding hydrogens is 211 g/mol. The van der Waals surface area contributed by atoms with Crippen LogP contribution < -0.4 is 0 Å². The molecule has 0 fully saturated rings. The molecule has 0 rings (SSSR count). The Labute approximate surface area is 64.8 Å². The van der Waals surface area contributed by atoms with E-state index in [1.165, 1.54) is 5.57 Å². The summed E-state index contributed by atoms with van der Waals surface area (Å²) in [4.78, 5) is 0. The van der Waals surface area contributed by atoms with Crippen LogP contribution in [0.15, 0.2) is 24.3 Å². The second-order valence-electron chi connectivity index (χ2n) is 1.70. The van der Waals surface area contributed by atoms with Crippen molar-refractivity contribution in [3.05, 3.63) is 24.3 Å². The van der Waals surface area contributed by atoms with Crippen molar-refractivity contribution >= 4 is 22.6 Å². The standard InChI is InChI=1S/C7H11I/c1-3-4-7(2)5-6-8/h3,5H,1,4,6H2,2H3/b7-5-. The van der Waals surface area contributed by atoms with Gasteiger partial charge in [-0.2, -0.15) is 0 Å². The second kappa shape index (κ2) is 5.35. The molecule has 0 aromatic rings. The summed E-state index contributed by atoms with van der Waals surface area (Å²) < 4.78 is 1.11. The Balaban J connectivity index is 3.44. The van der Waals surface area contributed by atoms with Crippen LogP contribution in [0, 0.1) is 0 Å².